The van der Waals surface area contributed by atoms with Gasteiger partial charge in [-0.15, -0.1) is 0 Å². The second-order valence-electron chi connectivity index (χ2n) is 6.32. The molecule has 6 nitrogen and oxygen atoms in total. The highest BCUT2D eigenvalue weighted by Gasteiger charge is 2.16. The quantitative estimate of drug-likeness (QED) is 0.722. The second kappa shape index (κ2) is 7.01. The molecule has 2 aromatic heterocycles. The summed E-state index contributed by atoms with van der Waals surface area (Å²) in [6.07, 6.45) is 2.54. The van der Waals surface area contributed by atoms with E-state index in [1.165, 1.54) is 0 Å². The molecule has 0 fully saturated rings. The molecule has 0 saturated heterocycles. The van der Waals surface area contributed by atoms with Crippen LogP contribution in [0.1, 0.15) is 43.2 Å². The number of carbonyl (C=O) groups excluding carboxylic acids is 1. The largest absolute Gasteiger partial charge is 0.490 e. The van der Waals surface area contributed by atoms with E-state index in [0.29, 0.717) is 22.7 Å². The number of benzene rings is 1. The molecule has 0 atom stereocenters. The Morgan fingerprint density at radius 1 is 1.36 bits per heavy atom. The highest BCUT2D eigenvalue weighted by Crippen LogP contribution is 2.30. The summed E-state index contributed by atoms with van der Waals surface area (Å²) in [4.78, 5) is 12.7. The number of ether oxygens (including phenoxy) is 1. The van der Waals surface area contributed by atoms with Crippen molar-refractivity contribution in [3.05, 3.63) is 41.8 Å². The lowest BCUT2D eigenvalue weighted by Crippen LogP contribution is -2.16. The van der Waals surface area contributed by atoms with Crippen LogP contribution < -0.4 is 10.1 Å². The predicted octanol–water partition coefficient (Wildman–Crippen LogP) is 4.39. The molecule has 1 amide bonds. The lowest BCUT2D eigenvalue weighted by Gasteiger charge is -2.13. The van der Waals surface area contributed by atoms with Gasteiger partial charge >= 0.3 is 0 Å². The van der Waals surface area contributed by atoms with Crippen LogP contribution in [0.4, 0.5) is 5.82 Å². The van der Waals surface area contributed by atoms with Crippen LogP contribution in [-0.4, -0.2) is 21.8 Å². The Labute approximate surface area is 146 Å². The van der Waals surface area contributed by atoms with Crippen LogP contribution >= 0.6 is 0 Å². The van der Waals surface area contributed by atoms with E-state index in [2.05, 4.69) is 17.3 Å². The number of hydrogen-bond acceptors (Lipinski definition) is 4. The summed E-state index contributed by atoms with van der Waals surface area (Å²) in [5, 5.41) is 8.20. The van der Waals surface area contributed by atoms with Crippen molar-refractivity contribution in [2.75, 3.05) is 5.32 Å². The van der Waals surface area contributed by atoms with Crippen molar-refractivity contribution < 1.29 is 13.9 Å². The zero-order valence-corrected chi connectivity index (χ0v) is 15.0. The standard InChI is InChI=1S/C19H23N3O3/c1-5-7-22-18(9-13(4)21-22)20-19(23)14-10-16-15(6-8-24-16)17(11-14)25-12(2)3/h6,8-12H,5,7H2,1-4H3,(H,20,23). The SMILES string of the molecule is CCCn1nc(C)cc1NC(=O)c1cc(OC(C)C)c2ccoc2c1. The summed E-state index contributed by atoms with van der Waals surface area (Å²) in [5.74, 6) is 1.11. The molecular formula is C19H23N3O3. The molecule has 1 aromatic carbocycles. The predicted molar refractivity (Wildman–Crippen MR) is 97.2 cm³/mol. The lowest BCUT2D eigenvalue weighted by molar-refractivity contribution is 0.102. The molecule has 1 N–H and O–H groups in total. The van der Waals surface area contributed by atoms with Gasteiger partial charge < -0.3 is 14.5 Å². The number of aryl methyl sites for hydroxylation is 2. The number of aromatic nitrogens is 2. The zero-order valence-electron chi connectivity index (χ0n) is 15.0. The molecule has 0 saturated carbocycles. The fourth-order valence-corrected chi connectivity index (χ4v) is 2.74. The Morgan fingerprint density at radius 3 is 2.88 bits per heavy atom. The first-order valence-corrected chi connectivity index (χ1v) is 8.51. The molecule has 0 aliphatic heterocycles. The fraction of sp³-hybridized carbons (Fsp3) is 0.368. The van der Waals surface area contributed by atoms with E-state index in [0.717, 1.165) is 24.0 Å². The molecule has 0 bridgehead atoms. The third-order valence-electron chi connectivity index (χ3n) is 3.74. The van der Waals surface area contributed by atoms with Crippen LogP contribution in [-0.2, 0) is 6.54 Å². The van der Waals surface area contributed by atoms with Crippen LogP contribution in [0.25, 0.3) is 11.0 Å². The molecule has 132 valence electrons. The Morgan fingerprint density at radius 2 is 2.16 bits per heavy atom. The maximum atomic E-state index is 12.7. The van der Waals surface area contributed by atoms with Crippen LogP contribution in [0.2, 0.25) is 0 Å². The zero-order chi connectivity index (χ0) is 18.0. The molecule has 0 spiro atoms. The van der Waals surface area contributed by atoms with E-state index in [9.17, 15) is 4.79 Å². The molecule has 0 radical (unpaired) electrons. The molecule has 25 heavy (non-hydrogen) atoms. The van der Waals surface area contributed by atoms with Crippen molar-refractivity contribution >= 4 is 22.7 Å². The second-order valence-corrected chi connectivity index (χ2v) is 6.32. The third kappa shape index (κ3) is 3.68. The van der Waals surface area contributed by atoms with Gasteiger partial charge in [0, 0.05) is 18.2 Å². The Hall–Kier alpha value is -2.76. The summed E-state index contributed by atoms with van der Waals surface area (Å²) in [6, 6.07) is 7.19. The number of anilines is 1. The highest BCUT2D eigenvalue weighted by molar-refractivity contribution is 6.06. The average molecular weight is 341 g/mol. The summed E-state index contributed by atoms with van der Waals surface area (Å²) in [6.45, 7) is 8.63. The minimum absolute atomic E-state index is 0.00467. The summed E-state index contributed by atoms with van der Waals surface area (Å²) >= 11 is 0. The lowest BCUT2D eigenvalue weighted by atomic mass is 10.1. The van der Waals surface area contributed by atoms with Gasteiger partial charge in [-0.05, 0) is 45.4 Å². The normalized spacial score (nSPS) is 11.2. The molecule has 3 aromatic rings. The number of fused-ring (bicyclic) bond motifs is 1. The van der Waals surface area contributed by atoms with Gasteiger partial charge in [0.1, 0.15) is 17.2 Å². The first kappa shape index (κ1) is 17.1. The number of rotatable bonds is 6. The number of carbonyl (C=O) groups is 1. The number of furan rings is 1. The van der Waals surface area contributed by atoms with Crippen molar-refractivity contribution in [3.63, 3.8) is 0 Å². The Balaban J connectivity index is 1.92. The van der Waals surface area contributed by atoms with Gasteiger partial charge in [-0.25, -0.2) is 4.68 Å². The molecule has 3 rings (SSSR count). The summed E-state index contributed by atoms with van der Waals surface area (Å²) < 4.78 is 13.1. The van der Waals surface area contributed by atoms with Gasteiger partial charge in [0.2, 0.25) is 0 Å². The van der Waals surface area contributed by atoms with Gasteiger partial charge in [-0.3, -0.25) is 4.79 Å². The van der Waals surface area contributed by atoms with Crippen molar-refractivity contribution in [2.24, 2.45) is 0 Å². The van der Waals surface area contributed by atoms with Crippen LogP contribution in [0.5, 0.6) is 5.75 Å². The van der Waals surface area contributed by atoms with Gasteiger partial charge in [-0.1, -0.05) is 6.92 Å². The van der Waals surface area contributed by atoms with E-state index in [-0.39, 0.29) is 12.0 Å². The smallest absolute Gasteiger partial charge is 0.257 e. The number of nitrogens with one attached hydrogen (secondary N) is 1. The van der Waals surface area contributed by atoms with Gasteiger partial charge in [0.25, 0.3) is 5.91 Å². The van der Waals surface area contributed by atoms with E-state index >= 15 is 0 Å². The van der Waals surface area contributed by atoms with E-state index < -0.39 is 0 Å². The summed E-state index contributed by atoms with van der Waals surface area (Å²) in [7, 11) is 0. The third-order valence-corrected chi connectivity index (χ3v) is 3.74. The molecular weight excluding hydrogens is 318 g/mol. The van der Waals surface area contributed by atoms with Gasteiger partial charge in [-0.2, -0.15) is 5.10 Å². The van der Waals surface area contributed by atoms with Gasteiger partial charge in [0.15, 0.2) is 0 Å². The molecule has 2 heterocycles. The molecule has 6 heteroatoms. The maximum Gasteiger partial charge on any atom is 0.257 e. The topological polar surface area (TPSA) is 69.3 Å². The van der Waals surface area contributed by atoms with Crippen LogP contribution in [0.3, 0.4) is 0 Å². The van der Waals surface area contributed by atoms with Crippen molar-refractivity contribution in [2.45, 2.75) is 46.8 Å². The number of nitrogens with zero attached hydrogens (tertiary/aromatic N) is 2. The number of amides is 1. The monoisotopic (exact) mass is 341 g/mol. The van der Waals surface area contributed by atoms with Gasteiger partial charge in [0.05, 0.1) is 23.4 Å². The van der Waals surface area contributed by atoms with Crippen molar-refractivity contribution in [1.29, 1.82) is 0 Å². The van der Waals surface area contributed by atoms with Crippen molar-refractivity contribution in [1.82, 2.24) is 9.78 Å². The Kier molecular flexibility index (Phi) is 4.79. The number of hydrogen-bond donors (Lipinski definition) is 1. The molecule has 0 aliphatic carbocycles. The summed E-state index contributed by atoms with van der Waals surface area (Å²) in [5.41, 5.74) is 1.98. The van der Waals surface area contributed by atoms with Crippen molar-refractivity contribution in [3.8, 4) is 5.75 Å². The highest BCUT2D eigenvalue weighted by atomic mass is 16.5. The molecule has 0 unspecified atom stereocenters. The minimum atomic E-state index is -0.218. The Bertz CT molecular complexity index is 893. The average Bonchev–Trinajstić information content (AvgIpc) is 3.14. The van der Waals surface area contributed by atoms with E-state index in [4.69, 9.17) is 9.15 Å². The first-order valence-electron chi connectivity index (χ1n) is 8.51. The van der Waals surface area contributed by atoms with Crippen LogP contribution in [0.15, 0.2) is 34.9 Å². The van der Waals surface area contributed by atoms with E-state index in [1.54, 1.807) is 18.4 Å². The van der Waals surface area contributed by atoms with Crippen LogP contribution in [0, 0.1) is 6.92 Å². The van der Waals surface area contributed by atoms with E-state index in [1.807, 2.05) is 37.6 Å². The fourth-order valence-electron chi connectivity index (χ4n) is 2.74. The minimum Gasteiger partial charge on any atom is -0.490 e. The first-order chi connectivity index (χ1) is 12.0. The maximum absolute atomic E-state index is 12.7. The molecule has 0 aliphatic rings.